The molecule has 41 heavy (non-hydrogen) atoms. The molecule has 208 valence electrons. The number of rotatable bonds is 7. The molecule has 3 heterocycles. The monoisotopic (exact) mass is 593 g/mol. The van der Waals surface area contributed by atoms with E-state index in [2.05, 4.69) is 25.6 Å². The quantitative estimate of drug-likeness (QED) is 0.298. The highest BCUT2D eigenvalue weighted by atomic mass is 35.5. The topological polar surface area (TPSA) is 115 Å². The Bertz CT molecular complexity index is 1700. The number of benzene rings is 2. The van der Waals surface area contributed by atoms with Crippen molar-refractivity contribution in [2.75, 3.05) is 12.4 Å². The second-order valence-corrected chi connectivity index (χ2v) is 9.76. The van der Waals surface area contributed by atoms with E-state index in [0.717, 1.165) is 18.0 Å². The third-order valence-corrected chi connectivity index (χ3v) is 6.57. The Morgan fingerprint density at radius 2 is 1.93 bits per heavy atom. The minimum absolute atomic E-state index is 0.0169. The predicted octanol–water partition coefficient (Wildman–Crippen LogP) is 5.36. The molecule has 5 rings (SSSR count). The lowest BCUT2D eigenvalue weighted by Crippen LogP contribution is -2.42. The lowest BCUT2D eigenvalue weighted by molar-refractivity contribution is -0.117. The highest BCUT2D eigenvalue weighted by Crippen LogP contribution is 2.35. The Labute approximate surface area is 244 Å². The zero-order valence-electron chi connectivity index (χ0n) is 21.7. The number of fused-ring (bicyclic) bond motifs is 1. The van der Waals surface area contributed by atoms with Gasteiger partial charge in [-0.3, -0.25) is 14.6 Å². The molecule has 0 fully saturated rings. The number of benzodiazepines with no additional fused rings is 1. The van der Waals surface area contributed by atoms with E-state index >= 15 is 0 Å². The van der Waals surface area contributed by atoms with E-state index in [1.807, 2.05) is 19.1 Å². The molecule has 2 aromatic carbocycles. The minimum Gasteiger partial charge on any atom is -0.496 e. The Morgan fingerprint density at radius 3 is 2.71 bits per heavy atom. The van der Waals surface area contributed by atoms with E-state index in [1.54, 1.807) is 36.4 Å². The lowest BCUT2D eigenvalue weighted by atomic mass is 9.99. The van der Waals surface area contributed by atoms with Gasteiger partial charge in [0.25, 0.3) is 11.8 Å². The predicted molar refractivity (Wildman–Crippen MR) is 152 cm³/mol. The summed E-state index contributed by atoms with van der Waals surface area (Å²) < 4.78 is 25.4. The van der Waals surface area contributed by atoms with Crippen LogP contribution in [0.3, 0.4) is 0 Å². The number of aromatic nitrogens is 2. The van der Waals surface area contributed by atoms with Gasteiger partial charge >= 0.3 is 0 Å². The van der Waals surface area contributed by atoms with E-state index in [0.29, 0.717) is 33.3 Å². The van der Waals surface area contributed by atoms with Crippen LogP contribution >= 0.6 is 23.2 Å². The SMILES string of the molecule is COc1cc(Cl)cc(Cl)c1C1=NC(NC(=O)c2cc(F)cnc2OCc2cccc(C)n2)C(=O)Nc2ccccc21. The lowest BCUT2D eigenvalue weighted by Gasteiger charge is -2.16. The van der Waals surface area contributed by atoms with Gasteiger partial charge in [-0.05, 0) is 43.3 Å². The summed E-state index contributed by atoms with van der Waals surface area (Å²) in [5.74, 6) is -2.08. The normalized spacial score (nSPS) is 14.3. The summed E-state index contributed by atoms with van der Waals surface area (Å²) >= 11 is 12.8. The molecule has 2 N–H and O–H groups in total. The van der Waals surface area contributed by atoms with Gasteiger partial charge in [-0.15, -0.1) is 0 Å². The largest absolute Gasteiger partial charge is 0.496 e. The number of amides is 2. The summed E-state index contributed by atoms with van der Waals surface area (Å²) in [7, 11) is 1.45. The third kappa shape index (κ3) is 6.13. The first-order valence-corrected chi connectivity index (χ1v) is 13.0. The summed E-state index contributed by atoms with van der Waals surface area (Å²) in [6.07, 6.45) is -0.522. The molecule has 0 radical (unpaired) electrons. The van der Waals surface area contributed by atoms with Crippen molar-refractivity contribution in [1.29, 1.82) is 0 Å². The van der Waals surface area contributed by atoms with Crippen LogP contribution in [0.1, 0.15) is 32.9 Å². The third-order valence-electron chi connectivity index (χ3n) is 6.06. The molecule has 2 amide bonds. The van der Waals surface area contributed by atoms with E-state index in [4.69, 9.17) is 32.7 Å². The number of hydrogen-bond donors (Lipinski definition) is 2. The highest BCUT2D eigenvalue weighted by molar-refractivity contribution is 6.39. The standard InChI is InChI=1S/C29H22Cl2FN5O4/c1-15-6-5-7-18(34-15)14-41-29-20(12-17(32)13-33-29)27(38)37-26-28(39)35-22-9-4-3-8-19(22)25(36-26)24-21(31)10-16(30)11-23(24)40-2/h3-13,26H,14H2,1-2H3,(H,35,39)(H,37,38). The van der Waals surface area contributed by atoms with E-state index < -0.39 is 23.8 Å². The molecule has 0 aliphatic carbocycles. The summed E-state index contributed by atoms with van der Waals surface area (Å²) in [5.41, 5.74) is 2.73. The van der Waals surface area contributed by atoms with E-state index in [1.165, 1.54) is 13.2 Å². The van der Waals surface area contributed by atoms with E-state index in [9.17, 15) is 14.0 Å². The average Bonchev–Trinajstić information content (AvgIpc) is 3.07. The average molecular weight is 594 g/mol. The molecule has 9 nitrogen and oxygen atoms in total. The smallest absolute Gasteiger partial charge is 0.269 e. The van der Waals surface area contributed by atoms with E-state index in [-0.39, 0.29) is 28.8 Å². The van der Waals surface area contributed by atoms with Crippen LogP contribution in [-0.4, -0.2) is 40.8 Å². The first-order chi connectivity index (χ1) is 19.7. The Hall–Kier alpha value is -4.54. The van der Waals surface area contributed by atoms with Gasteiger partial charge in [0.1, 0.15) is 23.7 Å². The highest BCUT2D eigenvalue weighted by Gasteiger charge is 2.30. The number of ether oxygens (including phenoxy) is 2. The van der Waals surface area contributed by atoms with Crippen molar-refractivity contribution in [3.8, 4) is 11.6 Å². The van der Waals surface area contributed by atoms with Gasteiger partial charge in [-0.2, -0.15) is 0 Å². The number of para-hydroxylation sites is 1. The maximum absolute atomic E-state index is 14.2. The molecular formula is C29H22Cl2FN5O4. The van der Waals surface area contributed by atoms with Crippen molar-refractivity contribution < 1.29 is 23.5 Å². The molecule has 0 saturated heterocycles. The molecule has 1 aliphatic heterocycles. The molecule has 1 aliphatic rings. The molecule has 2 aromatic heterocycles. The number of halogens is 3. The van der Waals surface area contributed by atoms with Gasteiger partial charge in [0.15, 0.2) is 0 Å². The molecule has 12 heteroatoms. The number of anilines is 1. The zero-order valence-corrected chi connectivity index (χ0v) is 23.3. The minimum atomic E-state index is -1.45. The maximum atomic E-state index is 14.2. The van der Waals surface area contributed by atoms with Gasteiger partial charge in [0.05, 0.1) is 41.0 Å². The van der Waals surface area contributed by atoms with Gasteiger partial charge < -0.3 is 20.1 Å². The number of carbonyl (C=O) groups is 2. The number of aryl methyl sites for hydroxylation is 1. The van der Waals surface area contributed by atoms with Gasteiger partial charge in [-0.1, -0.05) is 47.5 Å². The van der Waals surface area contributed by atoms with Crippen molar-refractivity contribution >= 4 is 46.4 Å². The molecule has 1 atom stereocenters. The Balaban J connectivity index is 1.51. The van der Waals surface area contributed by atoms with Gasteiger partial charge in [0, 0.05) is 16.3 Å². The summed E-state index contributed by atoms with van der Waals surface area (Å²) in [6.45, 7) is 1.81. The molecule has 0 spiro atoms. The van der Waals surface area contributed by atoms with Crippen LogP contribution in [0, 0.1) is 12.7 Å². The van der Waals surface area contributed by atoms with Gasteiger partial charge in [0.2, 0.25) is 12.0 Å². The number of nitrogens with one attached hydrogen (secondary N) is 2. The number of carbonyl (C=O) groups excluding carboxylic acids is 2. The van der Waals surface area contributed by atoms with Crippen LogP contribution in [0.15, 0.2) is 71.9 Å². The second-order valence-electron chi connectivity index (χ2n) is 8.92. The van der Waals surface area contributed by atoms with Crippen molar-refractivity contribution in [3.05, 3.63) is 111 Å². The summed E-state index contributed by atoms with van der Waals surface area (Å²) in [4.78, 5) is 39.6. The van der Waals surface area contributed by atoms with Crippen LogP contribution in [0.4, 0.5) is 10.1 Å². The van der Waals surface area contributed by atoms with Crippen LogP contribution < -0.4 is 20.1 Å². The fourth-order valence-electron chi connectivity index (χ4n) is 4.22. The molecule has 0 bridgehead atoms. The number of aliphatic imine (C=N–C) groups is 1. The fourth-order valence-corrected chi connectivity index (χ4v) is 4.79. The van der Waals surface area contributed by atoms with Crippen molar-refractivity contribution in [2.24, 2.45) is 4.99 Å². The molecular weight excluding hydrogens is 572 g/mol. The summed E-state index contributed by atoms with van der Waals surface area (Å²) in [5, 5.41) is 5.88. The number of pyridine rings is 2. The van der Waals surface area contributed by atoms with Crippen molar-refractivity contribution in [2.45, 2.75) is 19.7 Å². The fraction of sp³-hybridized carbons (Fsp3) is 0.138. The number of nitrogens with zero attached hydrogens (tertiary/aromatic N) is 3. The van der Waals surface area contributed by atoms with Crippen LogP contribution in [0.2, 0.25) is 10.0 Å². The summed E-state index contributed by atoms with van der Waals surface area (Å²) in [6, 6.07) is 16.4. The first kappa shape index (κ1) is 28.0. The van der Waals surface area contributed by atoms with Crippen LogP contribution in [0.5, 0.6) is 11.6 Å². The number of methoxy groups -OCH3 is 1. The molecule has 0 saturated carbocycles. The molecule has 4 aromatic rings. The van der Waals surface area contributed by atoms with Crippen molar-refractivity contribution in [3.63, 3.8) is 0 Å². The Morgan fingerprint density at radius 1 is 1.12 bits per heavy atom. The maximum Gasteiger partial charge on any atom is 0.269 e. The Kier molecular flexibility index (Phi) is 8.14. The molecule has 1 unspecified atom stereocenters. The van der Waals surface area contributed by atoms with Crippen LogP contribution in [-0.2, 0) is 11.4 Å². The van der Waals surface area contributed by atoms with Crippen LogP contribution in [0.25, 0.3) is 0 Å². The van der Waals surface area contributed by atoms with Crippen molar-refractivity contribution in [1.82, 2.24) is 15.3 Å². The second kappa shape index (κ2) is 11.9. The zero-order chi connectivity index (χ0) is 29.1. The first-order valence-electron chi connectivity index (χ1n) is 12.3. The number of hydrogen-bond acceptors (Lipinski definition) is 7. The van der Waals surface area contributed by atoms with Gasteiger partial charge in [-0.25, -0.2) is 14.4 Å².